The fraction of sp³-hybridized carbons (Fsp3) is 0.222. The van der Waals surface area contributed by atoms with Crippen molar-refractivity contribution in [2.24, 2.45) is 5.16 Å². The summed E-state index contributed by atoms with van der Waals surface area (Å²) in [4.78, 5) is 0. The largest absolute Gasteiger partial charge is 0.504 e. The molecule has 1 aromatic rings. The number of hydrogen-bond acceptors (Lipinski definition) is 4. The van der Waals surface area contributed by atoms with Crippen molar-refractivity contribution in [3.05, 3.63) is 21.3 Å². The van der Waals surface area contributed by atoms with E-state index < -0.39 is 0 Å². The summed E-state index contributed by atoms with van der Waals surface area (Å²) >= 11 is 1.98. The van der Waals surface area contributed by atoms with Crippen LogP contribution in [0, 0.1) is 3.57 Å². The summed E-state index contributed by atoms with van der Waals surface area (Å²) in [5.74, 6) is 0.511. The lowest BCUT2D eigenvalue weighted by Crippen LogP contribution is -1.94. The van der Waals surface area contributed by atoms with Gasteiger partial charge >= 0.3 is 0 Å². The molecule has 1 aromatic carbocycles. The van der Waals surface area contributed by atoms with E-state index >= 15 is 0 Å². The smallest absolute Gasteiger partial charge is 0.171 e. The highest BCUT2D eigenvalue weighted by Gasteiger charge is 2.07. The molecule has 0 radical (unpaired) electrons. The van der Waals surface area contributed by atoms with E-state index in [1.807, 2.05) is 29.5 Å². The van der Waals surface area contributed by atoms with Gasteiger partial charge in [0.25, 0.3) is 0 Å². The van der Waals surface area contributed by atoms with E-state index in [1.165, 1.54) is 6.21 Å². The van der Waals surface area contributed by atoms with Crippen LogP contribution < -0.4 is 4.74 Å². The van der Waals surface area contributed by atoms with Gasteiger partial charge in [-0.15, -0.1) is 0 Å². The molecule has 0 spiro atoms. The Morgan fingerprint density at radius 2 is 2.29 bits per heavy atom. The van der Waals surface area contributed by atoms with Crippen molar-refractivity contribution in [3.8, 4) is 11.5 Å². The average molecular weight is 307 g/mol. The fourth-order valence-electron chi connectivity index (χ4n) is 1.00. The maximum atomic E-state index is 9.58. The molecule has 0 fully saturated rings. The Labute approximate surface area is 95.3 Å². The molecular formula is C9H10INO3. The number of halogens is 1. The van der Waals surface area contributed by atoms with Crippen LogP contribution in [0.15, 0.2) is 17.3 Å². The van der Waals surface area contributed by atoms with Crippen LogP contribution in [0.2, 0.25) is 0 Å². The molecule has 14 heavy (non-hydrogen) atoms. The van der Waals surface area contributed by atoms with E-state index in [1.54, 1.807) is 12.1 Å². The monoisotopic (exact) mass is 307 g/mol. The minimum atomic E-state index is 0.113. The van der Waals surface area contributed by atoms with Gasteiger partial charge in [-0.3, -0.25) is 0 Å². The van der Waals surface area contributed by atoms with E-state index in [2.05, 4.69) is 5.16 Å². The first-order valence-electron chi connectivity index (χ1n) is 4.01. The molecular weight excluding hydrogens is 297 g/mol. The highest BCUT2D eigenvalue weighted by Crippen LogP contribution is 2.32. The van der Waals surface area contributed by atoms with Gasteiger partial charge in [-0.1, -0.05) is 5.16 Å². The highest BCUT2D eigenvalue weighted by molar-refractivity contribution is 14.1. The summed E-state index contributed by atoms with van der Waals surface area (Å²) in [5, 5.41) is 20.9. The molecule has 0 amide bonds. The van der Waals surface area contributed by atoms with E-state index in [4.69, 9.17) is 9.94 Å². The Kier molecular flexibility index (Phi) is 3.99. The second-order valence-electron chi connectivity index (χ2n) is 2.53. The first kappa shape index (κ1) is 11.1. The third-order valence-electron chi connectivity index (χ3n) is 1.56. The van der Waals surface area contributed by atoms with Gasteiger partial charge in [0.2, 0.25) is 0 Å². The molecule has 2 N–H and O–H groups in total. The van der Waals surface area contributed by atoms with Crippen LogP contribution in [0.25, 0.3) is 0 Å². The lowest BCUT2D eigenvalue weighted by molar-refractivity contribution is 0.316. The Balaban J connectivity index is 3.13. The molecule has 0 atom stereocenters. The number of aromatic hydroxyl groups is 1. The number of hydrogen-bond donors (Lipinski definition) is 2. The van der Waals surface area contributed by atoms with Crippen molar-refractivity contribution >= 4 is 28.8 Å². The van der Waals surface area contributed by atoms with E-state index in [0.717, 1.165) is 0 Å². The van der Waals surface area contributed by atoms with Gasteiger partial charge in [-0.25, -0.2) is 0 Å². The van der Waals surface area contributed by atoms with E-state index in [9.17, 15) is 5.11 Å². The van der Waals surface area contributed by atoms with Gasteiger partial charge < -0.3 is 15.1 Å². The summed E-state index contributed by atoms with van der Waals surface area (Å²) in [6.07, 6.45) is 1.28. The summed E-state index contributed by atoms with van der Waals surface area (Å²) in [6.45, 7) is 2.31. The number of phenolic OH excluding ortho intramolecular Hbond substituents is 1. The molecule has 76 valence electrons. The van der Waals surface area contributed by atoms with Gasteiger partial charge in [-0.2, -0.15) is 0 Å². The van der Waals surface area contributed by atoms with Gasteiger partial charge in [-0.05, 0) is 41.6 Å². The highest BCUT2D eigenvalue weighted by atomic mass is 127. The Bertz CT molecular complexity index is 352. The van der Waals surface area contributed by atoms with Crippen LogP contribution in [-0.2, 0) is 0 Å². The van der Waals surface area contributed by atoms with Gasteiger partial charge in [0.15, 0.2) is 11.5 Å². The molecule has 0 bridgehead atoms. The maximum Gasteiger partial charge on any atom is 0.171 e. The van der Waals surface area contributed by atoms with Crippen LogP contribution >= 0.6 is 22.6 Å². The molecule has 5 heteroatoms. The molecule has 0 saturated carbocycles. The SMILES string of the molecule is CCOc1cc(/C=N\O)cc(I)c1O. The normalized spacial score (nSPS) is 10.7. The molecule has 1 rings (SSSR count). The van der Waals surface area contributed by atoms with Crippen molar-refractivity contribution in [1.82, 2.24) is 0 Å². The topological polar surface area (TPSA) is 62.0 Å². The first-order valence-corrected chi connectivity index (χ1v) is 5.09. The molecule has 0 aliphatic carbocycles. The summed E-state index contributed by atoms with van der Waals surface area (Å²) in [6, 6.07) is 3.30. The van der Waals surface area contributed by atoms with E-state index in [-0.39, 0.29) is 5.75 Å². The van der Waals surface area contributed by atoms with Crippen LogP contribution in [0.3, 0.4) is 0 Å². The zero-order chi connectivity index (χ0) is 10.6. The quantitative estimate of drug-likeness (QED) is 0.389. The fourth-order valence-corrected chi connectivity index (χ4v) is 1.63. The summed E-state index contributed by atoms with van der Waals surface area (Å²) < 4.78 is 5.86. The number of rotatable bonds is 3. The maximum absolute atomic E-state index is 9.58. The minimum Gasteiger partial charge on any atom is -0.504 e. The third-order valence-corrected chi connectivity index (χ3v) is 2.38. The van der Waals surface area contributed by atoms with Crippen molar-refractivity contribution in [1.29, 1.82) is 0 Å². The standard InChI is InChI=1S/C9H10INO3/c1-2-14-8-4-6(5-11-13)3-7(10)9(8)12/h3-5,12-13H,2H2,1H3/b11-5-. The van der Waals surface area contributed by atoms with Crippen LogP contribution in [0.4, 0.5) is 0 Å². The van der Waals surface area contributed by atoms with Crippen molar-refractivity contribution < 1.29 is 15.1 Å². The molecule has 0 aromatic heterocycles. The van der Waals surface area contributed by atoms with Gasteiger partial charge in [0.05, 0.1) is 16.4 Å². The molecule has 0 heterocycles. The summed E-state index contributed by atoms with van der Waals surface area (Å²) in [7, 11) is 0. The second-order valence-corrected chi connectivity index (χ2v) is 3.69. The number of oxime groups is 1. The van der Waals surface area contributed by atoms with Crippen LogP contribution in [-0.4, -0.2) is 23.1 Å². The third kappa shape index (κ3) is 2.50. The molecule has 0 aliphatic rings. The van der Waals surface area contributed by atoms with Crippen LogP contribution in [0.1, 0.15) is 12.5 Å². The summed E-state index contributed by atoms with van der Waals surface area (Å²) in [5.41, 5.74) is 0.679. The molecule has 0 saturated heterocycles. The minimum absolute atomic E-state index is 0.113. The van der Waals surface area contributed by atoms with Gasteiger partial charge in [0, 0.05) is 5.56 Å². The van der Waals surface area contributed by atoms with Crippen LogP contribution in [0.5, 0.6) is 11.5 Å². The Hall–Kier alpha value is -0.980. The average Bonchev–Trinajstić information content (AvgIpc) is 2.14. The Morgan fingerprint density at radius 1 is 1.57 bits per heavy atom. The number of benzene rings is 1. The van der Waals surface area contributed by atoms with Crippen molar-refractivity contribution in [3.63, 3.8) is 0 Å². The lowest BCUT2D eigenvalue weighted by Gasteiger charge is -2.07. The van der Waals surface area contributed by atoms with Gasteiger partial charge in [0.1, 0.15) is 0 Å². The second kappa shape index (κ2) is 5.04. The predicted octanol–water partition coefficient (Wildman–Crippen LogP) is 2.20. The molecule has 0 aliphatic heterocycles. The predicted molar refractivity (Wildman–Crippen MR) is 61.4 cm³/mol. The van der Waals surface area contributed by atoms with E-state index in [0.29, 0.717) is 21.5 Å². The molecule has 4 nitrogen and oxygen atoms in total. The first-order chi connectivity index (χ1) is 6.69. The number of ether oxygens (including phenoxy) is 1. The van der Waals surface area contributed by atoms with Crippen molar-refractivity contribution in [2.45, 2.75) is 6.92 Å². The van der Waals surface area contributed by atoms with Crippen molar-refractivity contribution in [2.75, 3.05) is 6.61 Å². The zero-order valence-corrected chi connectivity index (χ0v) is 9.72. The molecule has 0 unspecified atom stereocenters. The lowest BCUT2D eigenvalue weighted by atomic mass is 10.2. The number of phenols is 1. The number of nitrogens with zero attached hydrogens (tertiary/aromatic N) is 1. The Morgan fingerprint density at radius 3 is 2.86 bits per heavy atom. The zero-order valence-electron chi connectivity index (χ0n) is 7.57.